The van der Waals surface area contributed by atoms with Crippen LogP contribution in [-0.2, 0) is 10.0 Å². The lowest BCUT2D eigenvalue weighted by atomic mass is 10.1. The molecule has 32 heavy (non-hydrogen) atoms. The Kier molecular flexibility index (Phi) is 7.02. The lowest BCUT2D eigenvalue weighted by molar-refractivity contribution is -0.384. The standard InChI is InChI=1S/C21H18Cl2N4O4S/c1-13-6-8-19(14(2)10-13)26-32(30,31)15-7-9-20(21(11-15)27(28)29)25-24-12-16-17(22)4-3-5-18(16)23/h3-12,25-26H,1-2H3/b24-12+. The molecule has 0 heterocycles. The van der Waals surface area contributed by atoms with E-state index in [4.69, 9.17) is 23.2 Å². The van der Waals surface area contributed by atoms with Crippen LogP contribution in [0.5, 0.6) is 0 Å². The first-order valence-electron chi connectivity index (χ1n) is 9.20. The zero-order valence-electron chi connectivity index (χ0n) is 17.0. The molecule has 0 saturated carbocycles. The highest BCUT2D eigenvalue weighted by Crippen LogP contribution is 2.29. The Morgan fingerprint density at radius 3 is 2.28 bits per heavy atom. The maximum absolute atomic E-state index is 12.8. The molecular weight excluding hydrogens is 475 g/mol. The maximum atomic E-state index is 12.8. The van der Waals surface area contributed by atoms with E-state index in [1.54, 1.807) is 37.3 Å². The fourth-order valence-corrected chi connectivity index (χ4v) is 4.50. The van der Waals surface area contributed by atoms with Gasteiger partial charge in [-0.1, -0.05) is 47.0 Å². The number of nitro groups is 1. The molecule has 0 spiro atoms. The van der Waals surface area contributed by atoms with E-state index in [2.05, 4.69) is 15.2 Å². The van der Waals surface area contributed by atoms with Crippen molar-refractivity contribution in [3.63, 3.8) is 0 Å². The summed E-state index contributed by atoms with van der Waals surface area (Å²) in [6, 6.07) is 13.6. The second-order valence-electron chi connectivity index (χ2n) is 6.87. The normalized spacial score (nSPS) is 11.5. The highest BCUT2D eigenvalue weighted by atomic mass is 35.5. The average molecular weight is 493 g/mol. The monoisotopic (exact) mass is 492 g/mol. The van der Waals surface area contributed by atoms with Crippen LogP contribution >= 0.6 is 23.2 Å². The molecule has 0 radical (unpaired) electrons. The van der Waals surface area contributed by atoms with Crippen molar-refractivity contribution < 1.29 is 13.3 Å². The van der Waals surface area contributed by atoms with Gasteiger partial charge in [-0.05, 0) is 49.7 Å². The Labute approximate surface area is 195 Å². The van der Waals surface area contributed by atoms with Crippen molar-refractivity contribution in [3.05, 3.63) is 91.4 Å². The lowest BCUT2D eigenvalue weighted by Gasteiger charge is -2.12. The Balaban J connectivity index is 1.88. The van der Waals surface area contributed by atoms with E-state index in [1.807, 2.05) is 13.0 Å². The quantitative estimate of drug-likeness (QED) is 0.247. The summed E-state index contributed by atoms with van der Waals surface area (Å²) in [5.74, 6) is 0. The number of nitrogens with one attached hydrogen (secondary N) is 2. The predicted molar refractivity (Wildman–Crippen MR) is 127 cm³/mol. The number of nitrogens with zero attached hydrogens (tertiary/aromatic N) is 2. The van der Waals surface area contributed by atoms with E-state index in [-0.39, 0.29) is 10.6 Å². The second kappa shape index (κ2) is 9.56. The molecule has 0 aliphatic heterocycles. The van der Waals surface area contributed by atoms with Crippen LogP contribution in [0.1, 0.15) is 16.7 Å². The summed E-state index contributed by atoms with van der Waals surface area (Å²) in [4.78, 5) is 10.6. The van der Waals surface area contributed by atoms with Gasteiger partial charge in [0.1, 0.15) is 5.69 Å². The molecule has 3 rings (SSSR count). The summed E-state index contributed by atoms with van der Waals surface area (Å²) >= 11 is 12.1. The van der Waals surface area contributed by atoms with Gasteiger partial charge in [-0.3, -0.25) is 20.3 Å². The summed E-state index contributed by atoms with van der Waals surface area (Å²) in [7, 11) is -4.05. The van der Waals surface area contributed by atoms with Crippen LogP contribution in [-0.4, -0.2) is 19.6 Å². The Morgan fingerprint density at radius 1 is 1.00 bits per heavy atom. The van der Waals surface area contributed by atoms with E-state index in [0.29, 0.717) is 21.3 Å². The van der Waals surface area contributed by atoms with Crippen molar-refractivity contribution in [2.75, 3.05) is 10.1 Å². The minimum atomic E-state index is -4.05. The SMILES string of the molecule is Cc1ccc(NS(=O)(=O)c2ccc(N/N=C/c3c(Cl)cccc3Cl)c([N+](=O)[O-])c2)c(C)c1. The van der Waals surface area contributed by atoms with Gasteiger partial charge >= 0.3 is 0 Å². The number of nitro benzene ring substituents is 1. The van der Waals surface area contributed by atoms with Gasteiger partial charge in [-0.2, -0.15) is 5.10 Å². The number of benzene rings is 3. The van der Waals surface area contributed by atoms with Gasteiger partial charge in [0.05, 0.1) is 31.8 Å². The molecule has 0 aliphatic rings. The van der Waals surface area contributed by atoms with Gasteiger partial charge in [0.15, 0.2) is 0 Å². The molecule has 0 aliphatic carbocycles. The molecular formula is C21H18Cl2N4O4S. The highest BCUT2D eigenvalue weighted by molar-refractivity contribution is 7.92. The molecule has 2 N–H and O–H groups in total. The molecule has 0 bridgehead atoms. The smallest absolute Gasteiger partial charge is 0.279 e. The van der Waals surface area contributed by atoms with Gasteiger partial charge in [0.25, 0.3) is 15.7 Å². The first-order chi connectivity index (χ1) is 15.1. The third-order valence-electron chi connectivity index (χ3n) is 4.48. The van der Waals surface area contributed by atoms with E-state index in [0.717, 1.165) is 17.2 Å². The van der Waals surface area contributed by atoms with Crippen molar-refractivity contribution in [1.29, 1.82) is 0 Å². The van der Waals surface area contributed by atoms with Crippen LogP contribution in [0.3, 0.4) is 0 Å². The van der Waals surface area contributed by atoms with Crippen molar-refractivity contribution in [1.82, 2.24) is 0 Å². The van der Waals surface area contributed by atoms with Crippen LogP contribution in [0.2, 0.25) is 10.0 Å². The van der Waals surface area contributed by atoms with Gasteiger partial charge < -0.3 is 0 Å². The van der Waals surface area contributed by atoms with E-state index < -0.39 is 20.6 Å². The van der Waals surface area contributed by atoms with Crippen LogP contribution < -0.4 is 10.1 Å². The topological polar surface area (TPSA) is 114 Å². The summed E-state index contributed by atoms with van der Waals surface area (Å²) in [5.41, 5.74) is 4.61. The summed E-state index contributed by atoms with van der Waals surface area (Å²) in [5, 5.41) is 16.2. The molecule has 0 amide bonds. The number of hydrogen-bond acceptors (Lipinski definition) is 6. The molecule has 0 fully saturated rings. The number of hydrogen-bond donors (Lipinski definition) is 2. The van der Waals surface area contributed by atoms with Gasteiger partial charge in [-0.15, -0.1) is 0 Å². The number of sulfonamides is 1. The van der Waals surface area contributed by atoms with Crippen LogP contribution in [0, 0.1) is 24.0 Å². The molecule has 11 heteroatoms. The van der Waals surface area contributed by atoms with E-state index >= 15 is 0 Å². The minimum Gasteiger partial charge on any atom is -0.279 e. The van der Waals surface area contributed by atoms with Crippen LogP contribution in [0.4, 0.5) is 17.1 Å². The number of rotatable bonds is 7. The Morgan fingerprint density at radius 2 is 1.66 bits per heavy atom. The fourth-order valence-electron chi connectivity index (χ4n) is 2.86. The van der Waals surface area contributed by atoms with Gasteiger partial charge in [0, 0.05) is 11.6 Å². The molecule has 8 nitrogen and oxygen atoms in total. The van der Waals surface area contributed by atoms with E-state index in [1.165, 1.54) is 18.3 Å². The molecule has 0 saturated heterocycles. The first-order valence-corrected chi connectivity index (χ1v) is 11.4. The zero-order chi connectivity index (χ0) is 23.5. The minimum absolute atomic E-state index is 0.0000996. The maximum Gasteiger partial charge on any atom is 0.295 e. The number of halogens is 2. The number of anilines is 2. The third kappa shape index (κ3) is 5.37. The Bertz CT molecular complexity index is 1310. The van der Waals surface area contributed by atoms with E-state index in [9.17, 15) is 18.5 Å². The summed E-state index contributed by atoms with van der Waals surface area (Å²) in [6.07, 6.45) is 1.32. The van der Waals surface area contributed by atoms with Crippen molar-refractivity contribution in [2.45, 2.75) is 18.7 Å². The zero-order valence-corrected chi connectivity index (χ0v) is 19.3. The molecule has 3 aromatic carbocycles. The van der Waals surface area contributed by atoms with Gasteiger partial charge in [-0.25, -0.2) is 8.42 Å². The largest absolute Gasteiger partial charge is 0.295 e. The highest BCUT2D eigenvalue weighted by Gasteiger charge is 2.22. The molecule has 0 unspecified atom stereocenters. The third-order valence-corrected chi connectivity index (χ3v) is 6.50. The van der Waals surface area contributed by atoms with Crippen molar-refractivity contribution in [2.24, 2.45) is 5.10 Å². The summed E-state index contributed by atoms with van der Waals surface area (Å²) in [6.45, 7) is 3.66. The predicted octanol–water partition coefficient (Wildman–Crippen LogP) is 5.77. The van der Waals surface area contributed by atoms with Crippen molar-refractivity contribution in [3.8, 4) is 0 Å². The number of hydrazone groups is 1. The molecule has 0 atom stereocenters. The fraction of sp³-hybridized carbons (Fsp3) is 0.0952. The number of aryl methyl sites for hydroxylation is 2. The lowest BCUT2D eigenvalue weighted by Crippen LogP contribution is -2.14. The summed E-state index contributed by atoms with van der Waals surface area (Å²) < 4.78 is 28.0. The molecule has 166 valence electrons. The van der Waals surface area contributed by atoms with Crippen LogP contribution in [0.25, 0.3) is 0 Å². The second-order valence-corrected chi connectivity index (χ2v) is 9.36. The average Bonchev–Trinajstić information content (AvgIpc) is 2.72. The van der Waals surface area contributed by atoms with Gasteiger partial charge in [0.2, 0.25) is 0 Å². The molecule has 3 aromatic rings. The van der Waals surface area contributed by atoms with Crippen LogP contribution in [0.15, 0.2) is 64.6 Å². The Hall–Kier alpha value is -3.14. The molecule has 0 aromatic heterocycles. The first kappa shape index (κ1) is 23.5. The van der Waals surface area contributed by atoms with Crippen molar-refractivity contribution >= 4 is 56.5 Å².